The number of nitrogens with one attached hydrogen (secondary N) is 1. The summed E-state index contributed by atoms with van der Waals surface area (Å²) in [7, 11) is 0. The molecule has 0 aromatic rings. The zero-order valence-corrected chi connectivity index (χ0v) is 4.48. The van der Waals surface area contributed by atoms with Crippen molar-refractivity contribution in [3.8, 4) is 0 Å². The van der Waals surface area contributed by atoms with Crippen LogP contribution in [0.4, 0.5) is 0 Å². The first-order valence-corrected chi connectivity index (χ1v) is 2.75. The Morgan fingerprint density at radius 3 is 2.57 bits per heavy atom. The normalized spacial score (nSPS) is 21.1. The molecule has 1 aliphatic rings. The summed E-state index contributed by atoms with van der Waals surface area (Å²) in [5.41, 5.74) is 0. The van der Waals surface area contributed by atoms with Gasteiger partial charge in [0.15, 0.2) is 0 Å². The van der Waals surface area contributed by atoms with Crippen LogP contribution in [0.25, 0.3) is 0 Å². The third kappa shape index (κ3) is 1.03. The Kier molecular flexibility index (Phi) is 1.47. The van der Waals surface area contributed by atoms with Crippen LogP contribution in [0.2, 0.25) is 0 Å². The van der Waals surface area contributed by atoms with Crippen molar-refractivity contribution in [3.63, 3.8) is 0 Å². The predicted octanol–water partition coefficient (Wildman–Crippen LogP) is 0.782. The summed E-state index contributed by atoms with van der Waals surface area (Å²) in [6.07, 6.45) is 3.18. The van der Waals surface area contributed by atoms with Crippen molar-refractivity contribution in [1.29, 1.82) is 0 Å². The van der Waals surface area contributed by atoms with Gasteiger partial charge in [0.25, 0.3) is 0 Å². The molecule has 1 nitrogen and oxygen atoms in total. The van der Waals surface area contributed by atoms with E-state index in [0.29, 0.717) is 0 Å². The second kappa shape index (κ2) is 2.12. The van der Waals surface area contributed by atoms with Crippen molar-refractivity contribution < 1.29 is 0 Å². The first kappa shape index (κ1) is 4.85. The van der Waals surface area contributed by atoms with Gasteiger partial charge in [-0.05, 0) is 25.4 Å². The lowest BCUT2D eigenvalue weighted by atomic mass is 10.00. The first-order valence-electron chi connectivity index (χ1n) is 2.75. The minimum absolute atomic E-state index is 0.900. The van der Waals surface area contributed by atoms with Crippen molar-refractivity contribution in [1.82, 2.24) is 5.32 Å². The smallest absolute Gasteiger partial charge is 0.000528 e. The molecule has 1 fully saturated rings. The van der Waals surface area contributed by atoms with Crippen molar-refractivity contribution >= 4 is 0 Å². The molecule has 0 aromatic heterocycles. The Morgan fingerprint density at radius 2 is 2.43 bits per heavy atom. The van der Waals surface area contributed by atoms with E-state index in [1.54, 1.807) is 0 Å². The molecule has 0 radical (unpaired) electrons. The zero-order valence-electron chi connectivity index (χ0n) is 4.48. The average molecular weight is 97.2 g/mol. The molecule has 0 aromatic carbocycles. The van der Waals surface area contributed by atoms with E-state index in [0.717, 1.165) is 5.92 Å². The van der Waals surface area contributed by atoms with Crippen LogP contribution in [0.5, 0.6) is 0 Å². The molecular weight excluding hydrogens is 86.1 g/mol. The van der Waals surface area contributed by atoms with Crippen molar-refractivity contribution in [2.24, 2.45) is 5.92 Å². The van der Waals surface area contributed by atoms with Gasteiger partial charge in [0.05, 0.1) is 0 Å². The van der Waals surface area contributed by atoms with Crippen LogP contribution < -0.4 is 5.32 Å². The van der Waals surface area contributed by atoms with Crippen LogP contribution in [-0.4, -0.2) is 13.1 Å². The summed E-state index contributed by atoms with van der Waals surface area (Å²) in [4.78, 5) is 0. The molecule has 1 aliphatic heterocycles. The molecule has 0 saturated carbocycles. The fourth-order valence-electron chi connectivity index (χ4n) is 0.751. The minimum atomic E-state index is 0.900. The topological polar surface area (TPSA) is 12.0 Å². The van der Waals surface area contributed by atoms with Gasteiger partial charge >= 0.3 is 0 Å². The minimum Gasteiger partial charge on any atom is -0.316 e. The summed E-state index contributed by atoms with van der Waals surface area (Å²) in [6.45, 7) is 6.06. The first-order chi connectivity index (χ1) is 3.43. The number of hydrogen-bond donors (Lipinski definition) is 1. The standard InChI is InChI=1S/C6H11N/c1-2-3-6-4-7-5-6/h2,6-7H,1,3-5H2. The molecule has 0 bridgehead atoms. The fourth-order valence-corrected chi connectivity index (χ4v) is 0.751. The Morgan fingerprint density at radius 1 is 1.71 bits per heavy atom. The maximum atomic E-state index is 3.65. The molecule has 0 unspecified atom stereocenters. The molecule has 0 aliphatic carbocycles. The van der Waals surface area contributed by atoms with Gasteiger partial charge in [0.2, 0.25) is 0 Å². The molecule has 7 heavy (non-hydrogen) atoms. The second-order valence-corrected chi connectivity index (χ2v) is 2.05. The van der Waals surface area contributed by atoms with E-state index in [4.69, 9.17) is 0 Å². The lowest BCUT2D eigenvalue weighted by molar-refractivity contribution is 0.352. The monoisotopic (exact) mass is 97.1 g/mol. The molecule has 0 atom stereocenters. The van der Waals surface area contributed by atoms with E-state index in [9.17, 15) is 0 Å². The highest BCUT2D eigenvalue weighted by atomic mass is 14.9. The van der Waals surface area contributed by atoms with Crippen LogP contribution in [0.1, 0.15) is 6.42 Å². The highest BCUT2D eigenvalue weighted by Crippen LogP contribution is 2.06. The van der Waals surface area contributed by atoms with Gasteiger partial charge in [-0.2, -0.15) is 0 Å². The van der Waals surface area contributed by atoms with Gasteiger partial charge in [0, 0.05) is 0 Å². The molecule has 1 N–H and O–H groups in total. The van der Waals surface area contributed by atoms with Crippen LogP contribution in [-0.2, 0) is 0 Å². The van der Waals surface area contributed by atoms with E-state index in [-0.39, 0.29) is 0 Å². The number of rotatable bonds is 2. The summed E-state index contributed by atoms with van der Waals surface area (Å²) in [6, 6.07) is 0. The summed E-state index contributed by atoms with van der Waals surface area (Å²) in [5.74, 6) is 0.900. The highest BCUT2D eigenvalue weighted by molar-refractivity contribution is 4.81. The summed E-state index contributed by atoms with van der Waals surface area (Å²) >= 11 is 0. The van der Waals surface area contributed by atoms with E-state index in [1.165, 1.54) is 19.5 Å². The Bertz CT molecular complexity index is 64.6. The third-order valence-corrected chi connectivity index (χ3v) is 1.37. The molecule has 0 spiro atoms. The predicted molar refractivity (Wildman–Crippen MR) is 31.2 cm³/mol. The van der Waals surface area contributed by atoms with Gasteiger partial charge in [-0.25, -0.2) is 0 Å². The Balaban J connectivity index is 2.03. The maximum Gasteiger partial charge on any atom is -0.000528 e. The lowest BCUT2D eigenvalue weighted by Crippen LogP contribution is -2.41. The molecule has 1 heteroatoms. The zero-order chi connectivity index (χ0) is 5.11. The van der Waals surface area contributed by atoms with Gasteiger partial charge in [-0.1, -0.05) is 6.08 Å². The van der Waals surface area contributed by atoms with Crippen molar-refractivity contribution in [2.75, 3.05) is 13.1 Å². The molecule has 1 rings (SSSR count). The summed E-state index contributed by atoms with van der Waals surface area (Å²) < 4.78 is 0. The molecule has 0 amide bonds. The quantitative estimate of drug-likeness (QED) is 0.502. The number of allylic oxidation sites excluding steroid dienone is 1. The lowest BCUT2D eigenvalue weighted by Gasteiger charge is -2.25. The van der Waals surface area contributed by atoms with Crippen LogP contribution in [0.3, 0.4) is 0 Å². The van der Waals surface area contributed by atoms with Gasteiger partial charge in [-0.3, -0.25) is 0 Å². The fraction of sp³-hybridized carbons (Fsp3) is 0.667. The average Bonchev–Trinajstić information content (AvgIpc) is 1.55. The van der Waals surface area contributed by atoms with Gasteiger partial charge < -0.3 is 5.32 Å². The maximum absolute atomic E-state index is 3.65. The van der Waals surface area contributed by atoms with Gasteiger partial charge in [0.1, 0.15) is 0 Å². The van der Waals surface area contributed by atoms with Crippen molar-refractivity contribution in [3.05, 3.63) is 12.7 Å². The van der Waals surface area contributed by atoms with Crippen LogP contribution in [0, 0.1) is 5.92 Å². The SMILES string of the molecule is C=CCC1CNC1. The van der Waals surface area contributed by atoms with E-state index < -0.39 is 0 Å². The van der Waals surface area contributed by atoms with Gasteiger partial charge in [-0.15, -0.1) is 6.58 Å². The summed E-state index contributed by atoms with van der Waals surface area (Å²) in [5, 5.41) is 3.20. The van der Waals surface area contributed by atoms with Crippen LogP contribution in [0.15, 0.2) is 12.7 Å². The Hall–Kier alpha value is -0.300. The van der Waals surface area contributed by atoms with Crippen molar-refractivity contribution in [2.45, 2.75) is 6.42 Å². The van der Waals surface area contributed by atoms with E-state index >= 15 is 0 Å². The molecule has 1 heterocycles. The largest absolute Gasteiger partial charge is 0.316 e. The third-order valence-electron chi connectivity index (χ3n) is 1.37. The Labute approximate surface area is 44.4 Å². The van der Waals surface area contributed by atoms with E-state index in [1.807, 2.05) is 6.08 Å². The number of hydrogen-bond acceptors (Lipinski definition) is 1. The van der Waals surface area contributed by atoms with E-state index in [2.05, 4.69) is 11.9 Å². The molecule has 1 saturated heterocycles. The van der Waals surface area contributed by atoms with Crippen LogP contribution >= 0.6 is 0 Å². The molecular formula is C6H11N. The molecule has 40 valence electrons. The highest BCUT2D eigenvalue weighted by Gasteiger charge is 2.13. The second-order valence-electron chi connectivity index (χ2n) is 2.05.